The number of nitrogens with zero attached hydrogens (tertiary/aromatic N) is 2. The Morgan fingerprint density at radius 2 is 1.92 bits per heavy atom. The second-order valence-corrected chi connectivity index (χ2v) is 7.33. The van der Waals surface area contributed by atoms with Crippen molar-refractivity contribution in [3.8, 4) is 0 Å². The van der Waals surface area contributed by atoms with E-state index in [9.17, 15) is 9.59 Å². The molecule has 3 fully saturated rings. The van der Waals surface area contributed by atoms with E-state index in [2.05, 4.69) is 10.2 Å². The standard InChI is InChI=1S/C18H31N3O4/c1-24-10-2-8-19-18(23)20-9-5-16(13-20)21(17(22)14-3-4-14)15-6-11-25-12-7-15/h14-16H,2-13H2,1H3,(H,19,23). The zero-order chi connectivity index (χ0) is 17.6. The molecule has 142 valence electrons. The van der Waals surface area contributed by atoms with Gasteiger partial charge in [0.1, 0.15) is 0 Å². The maximum absolute atomic E-state index is 12.9. The van der Waals surface area contributed by atoms with Gasteiger partial charge in [0.2, 0.25) is 5.91 Å². The Hall–Kier alpha value is -1.34. The minimum atomic E-state index is -0.0237. The smallest absolute Gasteiger partial charge is 0.317 e. The van der Waals surface area contributed by atoms with Crippen LogP contribution in [0, 0.1) is 5.92 Å². The van der Waals surface area contributed by atoms with Gasteiger partial charge in [-0.05, 0) is 38.5 Å². The number of carbonyl (C=O) groups is 2. The fraction of sp³-hybridized carbons (Fsp3) is 0.889. The van der Waals surface area contributed by atoms with Gasteiger partial charge in [-0.15, -0.1) is 0 Å². The van der Waals surface area contributed by atoms with Crippen molar-refractivity contribution in [1.29, 1.82) is 0 Å². The highest BCUT2D eigenvalue weighted by Crippen LogP contribution is 2.35. The van der Waals surface area contributed by atoms with E-state index in [0.29, 0.717) is 25.6 Å². The third kappa shape index (κ3) is 4.85. The van der Waals surface area contributed by atoms with Crippen LogP contribution in [0.15, 0.2) is 0 Å². The first-order valence-corrected chi connectivity index (χ1v) is 9.62. The number of likely N-dealkylation sites (tertiary alicyclic amines) is 1. The normalized spacial score (nSPS) is 24.4. The highest BCUT2D eigenvalue weighted by atomic mass is 16.5. The largest absolute Gasteiger partial charge is 0.385 e. The summed E-state index contributed by atoms with van der Waals surface area (Å²) in [6, 6.07) is 0.405. The van der Waals surface area contributed by atoms with Gasteiger partial charge in [-0.2, -0.15) is 0 Å². The van der Waals surface area contributed by atoms with Crippen LogP contribution >= 0.6 is 0 Å². The number of carbonyl (C=O) groups excluding carboxylic acids is 2. The van der Waals surface area contributed by atoms with E-state index in [-0.39, 0.29) is 24.0 Å². The van der Waals surface area contributed by atoms with Crippen LogP contribution in [0.2, 0.25) is 0 Å². The second-order valence-electron chi connectivity index (χ2n) is 7.33. The van der Waals surface area contributed by atoms with E-state index >= 15 is 0 Å². The Morgan fingerprint density at radius 3 is 2.60 bits per heavy atom. The number of ether oxygens (including phenoxy) is 2. The summed E-state index contributed by atoms with van der Waals surface area (Å²) in [4.78, 5) is 29.2. The number of urea groups is 1. The first-order valence-electron chi connectivity index (χ1n) is 9.62. The van der Waals surface area contributed by atoms with Gasteiger partial charge < -0.3 is 24.6 Å². The molecule has 1 N–H and O–H groups in total. The van der Waals surface area contributed by atoms with E-state index in [4.69, 9.17) is 9.47 Å². The topological polar surface area (TPSA) is 71.1 Å². The maximum Gasteiger partial charge on any atom is 0.317 e. The highest BCUT2D eigenvalue weighted by molar-refractivity contribution is 5.82. The number of methoxy groups -OCH3 is 1. The first-order chi connectivity index (χ1) is 12.2. The number of amides is 3. The predicted molar refractivity (Wildman–Crippen MR) is 93.3 cm³/mol. The van der Waals surface area contributed by atoms with Crippen molar-refractivity contribution in [1.82, 2.24) is 15.1 Å². The first kappa shape index (κ1) is 18.5. The molecule has 0 aromatic carbocycles. The van der Waals surface area contributed by atoms with Crippen LogP contribution in [-0.4, -0.2) is 80.4 Å². The molecular formula is C18H31N3O4. The predicted octanol–water partition coefficient (Wildman–Crippen LogP) is 1.22. The average molecular weight is 353 g/mol. The molecule has 0 bridgehead atoms. The van der Waals surface area contributed by atoms with E-state index in [1.807, 2.05) is 4.90 Å². The molecule has 7 nitrogen and oxygen atoms in total. The summed E-state index contributed by atoms with van der Waals surface area (Å²) in [6.45, 7) is 4.10. The molecular weight excluding hydrogens is 322 g/mol. The second kappa shape index (κ2) is 8.85. The molecule has 7 heteroatoms. The van der Waals surface area contributed by atoms with Gasteiger partial charge in [-0.25, -0.2) is 4.79 Å². The van der Waals surface area contributed by atoms with Gasteiger partial charge in [0, 0.05) is 58.5 Å². The molecule has 3 amide bonds. The number of hydrogen-bond donors (Lipinski definition) is 1. The molecule has 1 saturated carbocycles. The zero-order valence-electron chi connectivity index (χ0n) is 15.2. The van der Waals surface area contributed by atoms with Crippen molar-refractivity contribution in [3.05, 3.63) is 0 Å². The lowest BCUT2D eigenvalue weighted by Crippen LogP contribution is -2.51. The Morgan fingerprint density at radius 1 is 1.16 bits per heavy atom. The van der Waals surface area contributed by atoms with Gasteiger partial charge in [0.25, 0.3) is 0 Å². The maximum atomic E-state index is 12.9. The molecule has 3 rings (SSSR count). The molecule has 1 unspecified atom stereocenters. The van der Waals surface area contributed by atoms with Crippen LogP contribution in [0.25, 0.3) is 0 Å². The van der Waals surface area contributed by atoms with Crippen LogP contribution in [0.1, 0.15) is 38.5 Å². The van der Waals surface area contributed by atoms with Crippen LogP contribution in [0.5, 0.6) is 0 Å². The van der Waals surface area contributed by atoms with Crippen LogP contribution in [0.3, 0.4) is 0 Å². The van der Waals surface area contributed by atoms with Gasteiger partial charge in [0.05, 0.1) is 6.04 Å². The van der Waals surface area contributed by atoms with Crippen molar-refractivity contribution < 1.29 is 19.1 Å². The highest BCUT2D eigenvalue weighted by Gasteiger charge is 2.42. The summed E-state index contributed by atoms with van der Waals surface area (Å²) >= 11 is 0. The van der Waals surface area contributed by atoms with Gasteiger partial charge in [-0.1, -0.05) is 0 Å². The monoisotopic (exact) mass is 353 g/mol. The Kier molecular flexibility index (Phi) is 6.53. The molecule has 1 atom stereocenters. The molecule has 3 aliphatic rings. The summed E-state index contributed by atoms with van der Waals surface area (Å²) < 4.78 is 10.5. The fourth-order valence-corrected chi connectivity index (χ4v) is 3.84. The van der Waals surface area contributed by atoms with Crippen LogP contribution < -0.4 is 5.32 Å². The van der Waals surface area contributed by atoms with Crippen molar-refractivity contribution in [2.45, 2.75) is 50.6 Å². The summed E-state index contributed by atoms with van der Waals surface area (Å²) in [5, 5.41) is 2.95. The molecule has 1 aliphatic carbocycles. The zero-order valence-corrected chi connectivity index (χ0v) is 15.2. The molecule has 0 spiro atoms. The van der Waals surface area contributed by atoms with Crippen molar-refractivity contribution in [2.75, 3.05) is 46.6 Å². The molecule has 0 aromatic heterocycles. The Labute approximate surface area is 150 Å². The minimum absolute atomic E-state index is 0.0237. The lowest BCUT2D eigenvalue weighted by molar-refractivity contribution is -0.139. The Balaban J connectivity index is 1.54. The summed E-state index contributed by atoms with van der Waals surface area (Å²) in [5.74, 6) is 0.527. The number of hydrogen-bond acceptors (Lipinski definition) is 4. The third-order valence-electron chi connectivity index (χ3n) is 5.41. The summed E-state index contributed by atoms with van der Waals surface area (Å²) in [7, 11) is 1.66. The minimum Gasteiger partial charge on any atom is -0.385 e. The van der Waals surface area contributed by atoms with Crippen molar-refractivity contribution in [3.63, 3.8) is 0 Å². The lowest BCUT2D eigenvalue weighted by atomic mass is 10.0. The number of rotatable bonds is 7. The molecule has 25 heavy (non-hydrogen) atoms. The van der Waals surface area contributed by atoms with Crippen molar-refractivity contribution in [2.24, 2.45) is 5.92 Å². The molecule has 2 heterocycles. The summed E-state index contributed by atoms with van der Waals surface area (Å²) in [6.07, 6.45) is 5.56. The van der Waals surface area contributed by atoms with Crippen LogP contribution in [-0.2, 0) is 14.3 Å². The lowest BCUT2D eigenvalue weighted by Gasteiger charge is -2.38. The van der Waals surface area contributed by atoms with E-state index < -0.39 is 0 Å². The third-order valence-corrected chi connectivity index (χ3v) is 5.41. The molecule has 2 saturated heterocycles. The Bertz CT molecular complexity index is 463. The van der Waals surface area contributed by atoms with Gasteiger partial charge in [-0.3, -0.25) is 4.79 Å². The van der Waals surface area contributed by atoms with Gasteiger partial charge >= 0.3 is 6.03 Å². The van der Waals surface area contributed by atoms with Gasteiger partial charge in [0.15, 0.2) is 0 Å². The molecule has 0 radical (unpaired) electrons. The van der Waals surface area contributed by atoms with E-state index in [1.54, 1.807) is 7.11 Å². The quantitative estimate of drug-likeness (QED) is 0.699. The summed E-state index contributed by atoms with van der Waals surface area (Å²) in [5.41, 5.74) is 0. The fourth-order valence-electron chi connectivity index (χ4n) is 3.84. The van der Waals surface area contributed by atoms with Crippen molar-refractivity contribution >= 4 is 11.9 Å². The van der Waals surface area contributed by atoms with E-state index in [0.717, 1.165) is 58.3 Å². The average Bonchev–Trinajstić information content (AvgIpc) is 3.38. The molecule has 2 aliphatic heterocycles. The molecule has 0 aromatic rings. The SMILES string of the molecule is COCCCNC(=O)N1CCC(N(C(=O)C2CC2)C2CCOCC2)C1. The number of nitrogens with one attached hydrogen (secondary N) is 1. The van der Waals surface area contributed by atoms with E-state index in [1.165, 1.54) is 0 Å². The van der Waals surface area contributed by atoms with Crippen LogP contribution in [0.4, 0.5) is 4.79 Å².